The van der Waals surface area contributed by atoms with Crippen molar-refractivity contribution in [2.45, 2.75) is 32.9 Å². The Hall–Kier alpha value is -1.92. The highest BCUT2D eigenvalue weighted by Gasteiger charge is 2.25. The van der Waals surface area contributed by atoms with E-state index < -0.39 is 5.60 Å². The number of piperazine rings is 1. The van der Waals surface area contributed by atoms with E-state index in [0.29, 0.717) is 13.1 Å². The van der Waals surface area contributed by atoms with Gasteiger partial charge in [0.15, 0.2) is 0 Å². The number of ether oxygens (including phenoxy) is 1. The molecule has 1 aliphatic heterocycles. The van der Waals surface area contributed by atoms with E-state index in [2.05, 4.69) is 50.1 Å². The van der Waals surface area contributed by atoms with Crippen molar-refractivity contribution in [1.29, 1.82) is 0 Å². The van der Waals surface area contributed by atoms with Crippen LogP contribution >= 0.6 is 15.9 Å². The number of carbonyl (C=O) groups excluding carboxylic acids is 1. The molecule has 2 heterocycles. The van der Waals surface area contributed by atoms with Crippen molar-refractivity contribution in [1.82, 2.24) is 14.8 Å². The summed E-state index contributed by atoms with van der Waals surface area (Å²) >= 11 is 3.45. The number of nitrogens with zero attached hydrogens (tertiary/aromatic N) is 3. The highest BCUT2D eigenvalue weighted by molar-refractivity contribution is 9.10. The lowest BCUT2D eigenvalue weighted by Crippen LogP contribution is -2.49. The predicted octanol–water partition coefficient (Wildman–Crippen LogP) is 4.56. The van der Waals surface area contributed by atoms with Gasteiger partial charge < -0.3 is 9.64 Å². The Bertz CT molecular complexity index is 762. The molecule has 1 aliphatic rings. The quantitative estimate of drug-likeness (QED) is 0.713. The van der Waals surface area contributed by atoms with Gasteiger partial charge in [-0.15, -0.1) is 0 Å². The fourth-order valence-corrected chi connectivity index (χ4v) is 3.25. The molecule has 0 spiro atoms. The number of halogens is 1. The topological polar surface area (TPSA) is 45.7 Å². The van der Waals surface area contributed by atoms with Gasteiger partial charge in [0.2, 0.25) is 0 Å². The molecule has 0 N–H and O–H groups in total. The molecule has 0 radical (unpaired) electrons. The van der Waals surface area contributed by atoms with Crippen molar-refractivity contribution < 1.29 is 9.53 Å². The molecular formula is C21H26BrN3O2. The van der Waals surface area contributed by atoms with E-state index >= 15 is 0 Å². The molecule has 27 heavy (non-hydrogen) atoms. The molecule has 0 atom stereocenters. The molecular weight excluding hydrogens is 406 g/mol. The van der Waals surface area contributed by atoms with Gasteiger partial charge in [0.05, 0.1) is 5.69 Å². The highest BCUT2D eigenvalue weighted by Crippen LogP contribution is 2.20. The third-order valence-corrected chi connectivity index (χ3v) is 4.92. The molecule has 0 saturated carbocycles. The van der Waals surface area contributed by atoms with Crippen molar-refractivity contribution >= 4 is 22.0 Å². The molecule has 0 aliphatic carbocycles. The number of carbonyl (C=O) groups is 1. The maximum atomic E-state index is 12.1. The molecule has 2 aromatic rings. The first-order valence-corrected chi connectivity index (χ1v) is 10.0. The Morgan fingerprint density at radius 2 is 1.74 bits per heavy atom. The molecule has 6 heteroatoms. The van der Waals surface area contributed by atoms with Gasteiger partial charge in [-0.2, -0.15) is 0 Å². The number of pyridine rings is 1. The molecule has 1 saturated heterocycles. The summed E-state index contributed by atoms with van der Waals surface area (Å²) in [5, 5.41) is 0. The standard InChI is InChI=1S/C21H26BrN3O2/c1-21(2,3)27-20(26)25-12-10-24(11-13-25)15-16-4-9-19(23-14-16)17-5-7-18(22)8-6-17/h4-9,14H,10-13,15H2,1-3H3. The SMILES string of the molecule is CC(C)(C)OC(=O)N1CCN(Cc2ccc(-c3ccc(Br)cc3)nc2)CC1. The second kappa shape index (κ2) is 8.40. The monoisotopic (exact) mass is 431 g/mol. The fourth-order valence-electron chi connectivity index (χ4n) is 2.98. The van der Waals surface area contributed by atoms with Crippen molar-refractivity contribution in [3.8, 4) is 11.3 Å². The van der Waals surface area contributed by atoms with E-state index in [1.54, 1.807) is 4.90 Å². The minimum absolute atomic E-state index is 0.220. The summed E-state index contributed by atoms with van der Waals surface area (Å²) < 4.78 is 6.51. The van der Waals surface area contributed by atoms with Crippen LogP contribution in [0, 0.1) is 0 Å². The summed E-state index contributed by atoms with van der Waals surface area (Å²) in [5.41, 5.74) is 2.81. The van der Waals surface area contributed by atoms with Gasteiger partial charge in [0, 0.05) is 49.0 Å². The van der Waals surface area contributed by atoms with Crippen molar-refractivity contribution in [2.24, 2.45) is 0 Å². The maximum absolute atomic E-state index is 12.1. The highest BCUT2D eigenvalue weighted by atomic mass is 79.9. The van der Waals surface area contributed by atoms with E-state index in [-0.39, 0.29) is 6.09 Å². The summed E-state index contributed by atoms with van der Waals surface area (Å²) in [6.45, 7) is 9.60. The minimum atomic E-state index is -0.448. The number of hydrogen-bond acceptors (Lipinski definition) is 4. The Balaban J connectivity index is 1.52. The Kier molecular flexibility index (Phi) is 6.17. The normalized spacial score (nSPS) is 15.6. The molecule has 1 aromatic heterocycles. The smallest absolute Gasteiger partial charge is 0.410 e. The van der Waals surface area contributed by atoms with Crippen LogP contribution in [0.5, 0.6) is 0 Å². The van der Waals surface area contributed by atoms with Crippen LogP contribution in [-0.4, -0.2) is 52.7 Å². The van der Waals surface area contributed by atoms with Gasteiger partial charge in [0.1, 0.15) is 5.60 Å². The first-order valence-electron chi connectivity index (χ1n) is 9.21. The first-order chi connectivity index (χ1) is 12.8. The van der Waals surface area contributed by atoms with Gasteiger partial charge in [-0.1, -0.05) is 34.1 Å². The lowest BCUT2D eigenvalue weighted by molar-refractivity contribution is 0.0139. The Labute approximate surface area is 169 Å². The number of rotatable bonds is 3. The lowest BCUT2D eigenvalue weighted by atomic mass is 10.1. The number of benzene rings is 1. The molecule has 144 valence electrons. The predicted molar refractivity (Wildman–Crippen MR) is 110 cm³/mol. The van der Waals surface area contributed by atoms with E-state index in [4.69, 9.17) is 4.74 Å². The third kappa shape index (κ3) is 5.78. The summed E-state index contributed by atoms with van der Waals surface area (Å²) in [7, 11) is 0. The van der Waals surface area contributed by atoms with Crippen LogP contribution in [0.2, 0.25) is 0 Å². The van der Waals surface area contributed by atoms with E-state index in [0.717, 1.165) is 35.4 Å². The number of amides is 1. The maximum Gasteiger partial charge on any atom is 0.410 e. The second-order valence-corrected chi connectivity index (χ2v) is 8.72. The Morgan fingerprint density at radius 3 is 2.30 bits per heavy atom. The average molecular weight is 432 g/mol. The largest absolute Gasteiger partial charge is 0.444 e. The van der Waals surface area contributed by atoms with Gasteiger partial charge in [-0.25, -0.2) is 4.79 Å². The van der Waals surface area contributed by atoms with E-state index in [1.807, 2.05) is 39.1 Å². The summed E-state index contributed by atoms with van der Waals surface area (Å²) in [6.07, 6.45) is 1.72. The van der Waals surface area contributed by atoms with Crippen molar-refractivity contribution in [3.05, 3.63) is 52.6 Å². The zero-order valence-electron chi connectivity index (χ0n) is 16.1. The van der Waals surface area contributed by atoms with Crippen LogP contribution in [-0.2, 0) is 11.3 Å². The van der Waals surface area contributed by atoms with Gasteiger partial charge in [-0.05, 0) is 44.5 Å². The van der Waals surface area contributed by atoms with E-state index in [9.17, 15) is 4.79 Å². The molecule has 0 unspecified atom stereocenters. The van der Waals surface area contributed by atoms with Crippen molar-refractivity contribution in [2.75, 3.05) is 26.2 Å². The zero-order chi connectivity index (χ0) is 19.4. The number of hydrogen-bond donors (Lipinski definition) is 0. The minimum Gasteiger partial charge on any atom is -0.444 e. The average Bonchev–Trinajstić information content (AvgIpc) is 2.62. The van der Waals surface area contributed by atoms with Crippen LogP contribution in [0.1, 0.15) is 26.3 Å². The van der Waals surface area contributed by atoms with Gasteiger partial charge in [-0.3, -0.25) is 9.88 Å². The van der Waals surface area contributed by atoms with Crippen LogP contribution in [0.25, 0.3) is 11.3 Å². The van der Waals surface area contributed by atoms with Crippen LogP contribution in [0.15, 0.2) is 47.1 Å². The molecule has 3 rings (SSSR count). The second-order valence-electron chi connectivity index (χ2n) is 7.80. The van der Waals surface area contributed by atoms with Crippen LogP contribution < -0.4 is 0 Å². The first kappa shape index (κ1) is 19.8. The summed E-state index contributed by atoms with van der Waals surface area (Å²) in [5.74, 6) is 0. The van der Waals surface area contributed by atoms with Gasteiger partial charge in [0.25, 0.3) is 0 Å². The summed E-state index contributed by atoms with van der Waals surface area (Å²) in [6, 6.07) is 12.4. The molecule has 5 nitrogen and oxygen atoms in total. The van der Waals surface area contributed by atoms with Crippen LogP contribution in [0.3, 0.4) is 0 Å². The van der Waals surface area contributed by atoms with Crippen molar-refractivity contribution in [3.63, 3.8) is 0 Å². The molecule has 1 amide bonds. The molecule has 0 bridgehead atoms. The number of aromatic nitrogens is 1. The zero-order valence-corrected chi connectivity index (χ0v) is 17.7. The Morgan fingerprint density at radius 1 is 1.07 bits per heavy atom. The molecule has 1 aromatic carbocycles. The van der Waals surface area contributed by atoms with Gasteiger partial charge >= 0.3 is 6.09 Å². The molecule has 1 fully saturated rings. The summed E-state index contributed by atoms with van der Waals surface area (Å²) in [4.78, 5) is 20.9. The lowest BCUT2D eigenvalue weighted by Gasteiger charge is -2.35. The van der Waals surface area contributed by atoms with Crippen LogP contribution in [0.4, 0.5) is 4.79 Å². The third-order valence-electron chi connectivity index (χ3n) is 4.39. The van der Waals surface area contributed by atoms with E-state index in [1.165, 1.54) is 5.56 Å². The fraction of sp³-hybridized carbons (Fsp3) is 0.429.